The van der Waals surface area contributed by atoms with Gasteiger partial charge in [0.1, 0.15) is 11.6 Å². The van der Waals surface area contributed by atoms with Crippen LogP contribution in [0, 0.1) is 25.7 Å². The number of aryl methyl sites for hydroxylation is 2. The molecule has 3 aliphatic rings. The third kappa shape index (κ3) is 5.61. The number of unbranched alkanes of at least 4 members (excludes halogenated alkanes) is 3. The third-order valence-electron chi connectivity index (χ3n) is 9.51. The number of benzene rings is 2. The molecule has 3 amide bonds. The molecule has 8 heteroatoms. The second-order valence-corrected chi connectivity index (χ2v) is 12.3. The van der Waals surface area contributed by atoms with E-state index in [-0.39, 0.29) is 30.9 Å². The minimum absolute atomic E-state index is 0.128. The number of fused-ring (bicyclic) bond motifs is 1. The summed E-state index contributed by atoms with van der Waals surface area (Å²) >= 11 is 0. The Kier molecular flexibility index (Phi) is 9.71. The first kappa shape index (κ1) is 31.7. The highest BCUT2D eigenvalue weighted by atomic mass is 16.5. The van der Waals surface area contributed by atoms with Crippen LogP contribution in [0.3, 0.4) is 0 Å². The average Bonchev–Trinajstić information content (AvgIpc) is 3.67. The molecule has 3 fully saturated rings. The maximum atomic E-state index is 14.8. The zero-order chi connectivity index (χ0) is 31.4. The van der Waals surface area contributed by atoms with Crippen LogP contribution in [-0.4, -0.2) is 71.7 Å². The number of amides is 3. The lowest BCUT2D eigenvalue weighted by molar-refractivity contribution is -0.140. The highest BCUT2D eigenvalue weighted by Gasteiger charge is 2.75. The van der Waals surface area contributed by atoms with Crippen molar-refractivity contribution in [3.05, 3.63) is 85.0 Å². The van der Waals surface area contributed by atoms with Crippen LogP contribution < -0.4 is 9.80 Å². The lowest BCUT2D eigenvalue weighted by Crippen LogP contribution is -2.56. The fourth-order valence-electron chi connectivity index (χ4n) is 7.54. The van der Waals surface area contributed by atoms with Gasteiger partial charge in [-0.15, -0.1) is 13.2 Å². The molecule has 0 saturated carbocycles. The van der Waals surface area contributed by atoms with Gasteiger partial charge in [0.2, 0.25) is 11.8 Å². The third-order valence-corrected chi connectivity index (χ3v) is 9.51. The molecule has 2 bridgehead atoms. The number of nitrogens with zero attached hydrogens (tertiary/aromatic N) is 3. The summed E-state index contributed by atoms with van der Waals surface area (Å²) in [6.45, 7) is 12.9. The van der Waals surface area contributed by atoms with Crippen LogP contribution in [0.1, 0.15) is 49.7 Å². The summed E-state index contributed by atoms with van der Waals surface area (Å²) in [7, 11) is 0. The number of aliphatic hydroxyl groups is 1. The SMILES string of the molecule is C=CCN(C(=O)[C@@H]1[C@H]2C(=O)N(CCCCCCO)C(C(=O)N(CC=C)c3cc(C)ccc3C)C23CC[C@H]1O3)c1ccccc1. The summed E-state index contributed by atoms with van der Waals surface area (Å²) in [5.74, 6) is -2.00. The molecular weight excluding hydrogens is 554 g/mol. The van der Waals surface area contributed by atoms with Gasteiger partial charge in [0.05, 0.1) is 17.9 Å². The lowest BCUT2D eigenvalue weighted by atomic mass is 9.70. The maximum absolute atomic E-state index is 14.8. The number of para-hydroxylation sites is 1. The van der Waals surface area contributed by atoms with Gasteiger partial charge in [0.25, 0.3) is 5.91 Å². The van der Waals surface area contributed by atoms with Crippen LogP contribution >= 0.6 is 0 Å². The second kappa shape index (κ2) is 13.5. The fraction of sp³-hybridized carbons (Fsp3) is 0.472. The van der Waals surface area contributed by atoms with Crippen molar-refractivity contribution in [1.29, 1.82) is 0 Å². The van der Waals surface area contributed by atoms with Crippen LogP contribution in [0.5, 0.6) is 0 Å². The van der Waals surface area contributed by atoms with E-state index in [1.54, 1.807) is 26.9 Å². The van der Waals surface area contributed by atoms with Gasteiger partial charge in [-0.25, -0.2) is 0 Å². The van der Waals surface area contributed by atoms with Gasteiger partial charge in [0.15, 0.2) is 0 Å². The van der Waals surface area contributed by atoms with Crippen molar-refractivity contribution in [2.24, 2.45) is 11.8 Å². The highest BCUT2D eigenvalue weighted by molar-refractivity contribution is 6.06. The van der Waals surface area contributed by atoms with E-state index >= 15 is 0 Å². The van der Waals surface area contributed by atoms with Gasteiger partial charge in [0, 0.05) is 37.6 Å². The predicted octanol–water partition coefficient (Wildman–Crippen LogP) is 4.97. The van der Waals surface area contributed by atoms with Crippen LogP contribution in [-0.2, 0) is 19.1 Å². The molecule has 3 saturated heterocycles. The largest absolute Gasteiger partial charge is 0.396 e. The zero-order valence-electron chi connectivity index (χ0n) is 26.0. The number of carbonyl (C=O) groups excluding carboxylic acids is 3. The Balaban J connectivity index is 1.54. The predicted molar refractivity (Wildman–Crippen MR) is 172 cm³/mol. The number of ether oxygens (including phenoxy) is 1. The first-order valence-corrected chi connectivity index (χ1v) is 15.8. The normalized spacial score (nSPS) is 25.2. The van der Waals surface area contributed by atoms with E-state index in [0.717, 1.165) is 35.3 Å². The van der Waals surface area contributed by atoms with Crippen molar-refractivity contribution in [2.75, 3.05) is 36.0 Å². The Morgan fingerprint density at radius 2 is 1.70 bits per heavy atom. The molecular formula is C36H45N3O5. The van der Waals surface area contributed by atoms with Crippen LogP contribution in [0.4, 0.5) is 11.4 Å². The fourth-order valence-corrected chi connectivity index (χ4v) is 7.54. The topological polar surface area (TPSA) is 90.4 Å². The first-order valence-electron chi connectivity index (χ1n) is 15.8. The molecule has 3 aliphatic heterocycles. The lowest BCUT2D eigenvalue weighted by Gasteiger charge is -2.37. The van der Waals surface area contributed by atoms with Crippen molar-refractivity contribution in [2.45, 2.75) is 70.1 Å². The van der Waals surface area contributed by atoms with E-state index in [1.165, 1.54) is 0 Å². The molecule has 0 aromatic heterocycles. The molecule has 1 N–H and O–H groups in total. The molecule has 2 aromatic carbocycles. The summed E-state index contributed by atoms with van der Waals surface area (Å²) in [5, 5.41) is 9.24. The molecule has 2 unspecified atom stereocenters. The van der Waals surface area contributed by atoms with E-state index in [2.05, 4.69) is 13.2 Å². The van der Waals surface area contributed by atoms with Crippen LogP contribution in [0.2, 0.25) is 0 Å². The minimum Gasteiger partial charge on any atom is -0.396 e. The molecule has 1 spiro atoms. The number of hydrogen-bond donors (Lipinski definition) is 1. The van der Waals surface area contributed by atoms with Crippen LogP contribution in [0.15, 0.2) is 73.8 Å². The monoisotopic (exact) mass is 599 g/mol. The molecule has 0 radical (unpaired) electrons. The standard InChI is InChI=1S/C36H45N3O5/c1-5-20-37(27-14-10-9-11-15-27)33(41)30-29-18-19-36(44-29)31(30)34(42)39(22-12-7-8-13-23-40)32(36)35(43)38(21-6-2)28-24-25(3)16-17-26(28)4/h5-6,9-11,14-17,24,29-32,40H,1-2,7-8,12-13,18-23H2,3-4H3/t29-,30+,31+,32?,36?/m1/s1. The molecule has 234 valence electrons. The van der Waals surface area contributed by atoms with Gasteiger partial charge in [-0.3, -0.25) is 14.4 Å². The smallest absolute Gasteiger partial charge is 0.253 e. The highest BCUT2D eigenvalue weighted by Crippen LogP contribution is 2.59. The number of likely N-dealkylation sites (tertiary alicyclic amines) is 1. The molecule has 5 rings (SSSR count). The quantitative estimate of drug-likeness (QED) is 0.245. The summed E-state index contributed by atoms with van der Waals surface area (Å²) in [4.78, 5) is 48.8. The van der Waals surface area contributed by atoms with Crippen molar-refractivity contribution in [1.82, 2.24) is 4.90 Å². The molecule has 0 aliphatic carbocycles. The van der Waals surface area contributed by atoms with Gasteiger partial charge < -0.3 is 24.5 Å². The minimum atomic E-state index is -1.09. The van der Waals surface area contributed by atoms with Crippen molar-refractivity contribution in [3.63, 3.8) is 0 Å². The molecule has 2 aromatic rings. The summed E-state index contributed by atoms with van der Waals surface area (Å²) < 4.78 is 6.74. The number of rotatable bonds is 14. The second-order valence-electron chi connectivity index (χ2n) is 12.3. The van der Waals surface area contributed by atoms with E-state index in [4.69, 9.17) is 4.74 Å². The number of anilines is 2. The Labute approximate surface area is 261 Å². The summed E-state index contributed by atoms with van der Waals surface area (Å²) in [6.07, 6.45) is 7.15. The summed E-state index contributed by atoms with van der Waals surface area (Å²) in [5.41, 5.74) is 2.41. The van der Waals surface area contributed by atoms with Crippen LogP contribution in [0.25, 0.3) is 0 Å². The van der Waals surface area contributed by atoms with Crippen molar-refractivity contribution >= 4 is 29.1 Å². The Bertz CT molecular complexity index is 1390. The van der Waals surface area contributed by atoms with Crippen molar-refractivity contribution < 1.29 is 24.2 Å². The van der Waals surface area contributed by atoms with E-state index < -0.39 is 29.6 Å². The van der Waals surface area contributed by atoms with Gasteiger partial charge >= 0.3 is 0 Å². The van der Waals surface area contributed by atoms with Gasteiger partial charge in [-0.05, 0) is 68.9 Å². The van der Waals surface area contributed by atoms with E-state index in [0.29, 0.717) is 38.8 Å². The van der Waals surface area contributed by atoms with E-state index in [1.807, 2.05) is 62.4 Å². The van der Waals surface area contributed by atoms with Gasteiger partial charge in [-0.1, -0.05) is 55.3 Å². The number of hydrogen-bond acceptors (Lipinski definition) is 5. The molecule has 5 atom stereocenters. The molecule has 8 nitrogen and oxygen atoms in total. The Morgan fingerprint density at radius 1 is 1.00 bits per heavy atom. The van der Waals surface area contributed by atoms with Crippen molar-refractivity contribution in [3.8, 4) is 0 Å². The summed E-state index contributed by atoms with van der Waals surface area (Å²) in [6, 6.07) is 14.6. The Hall–Kier alpha value is -3.75. The zero-order valence-corrected chi connectivity index (χ0v) is 26.0. The Morgan fingerprint density at radius 3 is 2.41 bits per heavy atom. The number of aliphatic hydroxyl groups excluding tert-OH is 1. The molecule has 3 heterocycles. The van der Waals surface area contributed by atoms with Gasteiger partial charge in [-0.2, -0.15) is 0 Å². The molecule has 44 heavy (non-hydrogen) atoms. The van der Waals surface area contributed by atoms with E-state index in [9.17, 15) is 19.5 Å². The number of carbonyl (C=O) groups is 3. The average molecular weight is 600 g/mol. The maximum Gasteiger partial charge on any atom is 0.253 e. The first-order chi connectivity index (χ1) is 21.3.